The molecule has 3 heteroatoms. The molecule has 1 aromatic carbocycles. The van der Waals surface area contributed by atoms with Crippen LogP contribution in [-0.2, 0) is 6.54 Å². The topological polar surface area (TPSA) is 24.5 Å². The van der Waals surface area contributed by atoms with Crippen molar-refractivity contribution in [2.75, 3.05) is 20.2 Å². The largest absolute Gasteiger partial charge is 0.497 e. The second-order valence-electron chi connectivity index (χ2n) is 6.03. The summed E-state index contributed by atoms with van der Waals surface area (Å²) in [6, 6.07) is 9.00. The number of methoxy groups -OCH3 is 1. The van der Waals surface area contributed by atoms with Crippen LogP contribution in [0.2, 0.25) is 0 Å². The minimum atomic E-state index is 0.203. The van der Waals surface area contributed by atoms with Crippen molar-refractivity contribution in [2.45, 2.75) is 45.3 Å². The van der Waals surface area contributed by atoms with Crippen molar-refractivity contribution in [3.8, 4) is 5.75 Å². The van der Waals surface area contributed by atoms with Gasteiger partial charge in [-0.05, 0) is 38.0 Å². The predicted molar refractivity (Wildman–Crippen MR) is 79.6 cm³/mol. The van der Waals surface area contributed by atoms with Crippen molar-refractivity contribution in [1.29, 1.82) is 0 Å². The second-order valence-corrected chi connectivity index (χ2v) is 6.03. The zero-order valence-electron chi connectivity index (χ0n) is 12.6. The Bertz CT molecular complexity index is 417. The van der Waals surface area contributed by atoms with Crippen LogP contribution in [0.15, 0.2) is 24.3 Å². The Labute approximate surface area is 116 Å². The molecule has 0 aromatic heterocycles. The first-order valence-corrected chi connectivity index (χ1v) is 7.16. The first-order chi connectivity index (χ1) is 9.05. The minimum absolute atomic E-state index is 0.203. The van der Waals surface area contributed by atoms with Gasteiger partial charge in [-0.2, -0.15) is 0 Å². The Hall–Kier alpha value is -1.06. The molecule has 1 aromatic rings. The maximum Gasteiger partial charge on any atom is 0.119 e. The highest BCUT2D eigenvalue weighted by Crippen LogP contribution is 2.23. The number of ether oxygens (including phenoxy) is 1. The van der Waals surface area contributed by atoms with Gasteiger partial charge < -0.3 is 10.1 Å². The molecule has 1 aliphatic rings. The van der Waals surface area contributed by atoms with E-state index < -0.39 is 0 Å². The number of hydrogen-bond donors (Lipinski definition) is 1. The fourth-order valence-corrected chi connectivity index (χ4v) is 2.63. The Morgan fingerprint density at radius 3 is 2.89 bits per heavy atom. The molecule has 0 radical (unpaired) electrons. The van der Waals surface area contributed by atoms with E-state index >= 15 is 0 Å². The molecule has 1 aliphatic heterocycles. The summed E-state index contributed by atoms with van der Waals surface area (Å²) in [4.78, 5) is 2.58. The van der Waals surface area contributed by atoms with Gasteiger partial charge in [-0.3, -0.25) is 4.90 Å². The van der Waals surface area contributed by atoms with E-state index in [9.17, 15) is 0 Å². The molecule has 0 bridgehead atoms. The van der Waals surface area contributed by atoms with E-state index in [0.717, 1.165) is 25.4 Å². The number of nitrogens with zero attached hydrogens (tertiary/aromatic N) is 1. The van der Waals surface area contributed by atoms with Crippen LogP contribution in [0.1, 0.15) is 32.8 Å². The van der Waals surface area contributed by atoms with E-state index in [-0.39, 0.29) is 5.54 Å². The average Bonchev–Trinajstić information content (AvgIpc) is 2.41. The zero-order chi connectivity index (χ0) is 13.9. The van der Waals surface area contributed by atoms with Gasteiger partial charge in [0.25, 0.3) is 0 Å². The van der Waals surface area contributed by atoms with Crippen LogP contribution in [0.4, 0.5) is 0 Å². The van der Waals surface area contributed by atoms with Gasteiger partial charge in [-0.1, -0.05) is 19.1 Å². The summed E-state index contributed by atoms with van der Waals surface area (Å²) in [6.45, 7) is 10.0. The molecular formula is C16H26N2O. The number of nitrogens with one attached hydrogen (secondary N) is 1. The smallest absolute Gasteiger partial charge is 0.119 e. The second kappa shape index (κ2) is 5.93. The third-order valence-electron chi connectivity index (χ3n) is 4.12. The van der Waals surface area contributed by atoms with E-state index in [0.29, 0.717) is 6.04 Å². The zero-order valence-corrected chi connectivity index (χ0v) is 12.6. The fraction of sp³-hybridized carbons (Fsp3) is 0.625. The number of benzene rings is 1. The van der Waals surface area contributed by atoms with Crippen LogP contribution in [0, 0.1) is 0 Å². The van der Waals surface area contributed by atoms with E-state index in [1.165, 1.54) is 12.0 Å². The van der Waals surface area contributed by atoms with Gasteiger partial charge in [-0.15, -0.1) is 0 Å². The molecule has 0 spiro atoms. The Morgan fingerprint density at radius 2 is 2.21 bits per heavy atom. The van der Waals surface area contributed by atoms with E-state index in [4.69, 9.17) is 4.74 Å². The van der Waals surface area contributed by atoms with Gasteiger partial charge in [-0.25, -0.2) is 0 Å². The maximum absolute atomic E-state index is 5.31. The van der Waals surface area contributed by atoms with Crippen LogP contribution >= 0.6 is 0 Å². The minimum Gasteiger partial charge on any atom is -0.497 e. The molecule has 2 rings (SSSR count). The highest BCUT2D eigenvalue weighted by Gasteiger charge is 2.33. The highest BCUT2D eigenvalue weighted by molar-refractivity contribution is 5.28. The van der Waals surface area contributed by atoms with Crippen molar-refractivity contribution >= 4 is 0 Å². The molecule has 1 fully saturated rings. The normalized spacial score (nSPS) is 23.3. The molecule has 1 unspecified atom stereocenters. The van der Waals surface area contributed by atoms with Crippen LogP contribution in [0.3, 0.4) is 0 Å². The van der Waals surface area contributed by atoms with Crippen molar-refractivity contribution < 1.29 is 4.74 Å². The molecule has 1 heterocycles. The van der Waals surface area contributed by atoms with Gasteiger partial charge in [0.2, 0.25) is 0 Å². The molecule has 1 saturated heterocycles. The molecule has 0 saturated carbocycles. The van der Waals surface area contributed by atoms with Crippen molar-refractivity contribution in [3.05, 3.63) is 29.8 Å². The van der Waals surface area contributed by atoms with E-state index in [1.807, 2.05) is 6.07 Å². The summed E-state index contributed by atoms with van der Waals surface area (Å²) in [6.07, 6.45) is 1.19. The van der Waals surface area contributed by atoms with Gasteiger partial charge in [0.15, 0.2) is 0 Å². The summed E-state index contributed by atoms with van der Waals surface area (Å²) in [5, 5.41) is 3.63. The number of piperazine rings is 1. The molecule has 106 valence electrons. The SMILES string of the molecule is CCC1CN(Cc2cccc(OC)c2)C(C)(C)CN1. The van der Waals surface area contributed by atoms with Crippen LogP contribution in [0.25, 0.3) is 0 Å². The van der Waals surface area contributed by atoms with Crippen LogP contribution in [-0.4, -0.2) is 36.7 Å². The fourth-order valence-electron chi connectivity index (χ4n) is 2.63. The summed E-state index contributed by atoms with van der Waals surface area (Å²) >= 11 is 0. The van der Waals surface area contributed by atoms with E-state index in [2.05, 4.69) is 49.2 Å². The average molecular weight is 262 g/mol. The molecule has 1 atom stereocenters. The molecule has 0 amide bonds. The molecule has 0 aliphatic carbocycles. The molecular weight excluding hydrogens is 236 g/mol. The molecule has 1 N–H and O–H groups in total. The van der Waals surface area contributed by atoms with Gasteiger partial charge in [0, 0.05) is 31.2 Å². The van der Waals surface area contributed by atoms with Crippen LogP contribution in [0.5, 0.6) is 5.75 Å². The van der Waals surface area contributed by atoms with Crippen LogP contribution < -0.4 is 10.1 Å². The monoisotopic (exact) mass is 262 g/mol. The Kier molecular flexibility index (Phi) is 4.48. The number of rotatable bonds is 4. The van der Waals surface area contributed by atoms with Crippen molar-refractivity contribution in [3.63, 3.8) is 0 Å². The lowest BCUT2D eigenvalue weighted by Gasteiger charge is -2.46. The first kappa shape index (κ1) is 14.4. The highest BCUT2D eigenvalue weighted by atomic mass is 16.5. The lowest BCUT2D eigenvalue weighted by atomic mass is 9.95. The summed E-state index contributed by atoms with van der Waals surface area (Å²) in [5.41, 5.74) is 1.53. The summed E-state index contributed by atoms with van der Waals surface area (Å²) in [5.74, 6) is 0.942. The van der Waals surface area contributed by atoms with Crippen molar-refractivity contribution in [1.82, 2.24) is 10.2 Å². The lowest BCUT2D eigenvalue weighted by Crippen LogP contribution is -2.61. The first-order valence-electron chi connectivity index (χ1n) is 7.16. The lowest BCUT2D eigenvalue weighted by molar-refractivity contribution is 0.0576. The van der Waals surface area contributed by atoms with Crippen molar-refractivity contribution in [2.24, 2.45) is 0 Å². The maximum atomic E-state index is 5.31. The molecule has 3 nitrogen and oxygen atoms in total. The Balaban J connectivity index is 2.10. The number of hydrogen-bond acceptors (Lipinski definition) is 3. The third kappa shape index (κ3) is 3.48. The predicted octanol–water partition coefficient (Wildman–Crippen LogP) is 2.66. The van der Waals surface area contributed by atoms with E-state index in [1.54, 1.807) is 7.11 Å². The summed E-state index contributed by atoms with van der Waals surface area (Å²) < 4.78 is 5.31. The third-order valence-corrected chi connectivity index (χ3v) is 4.12. The molecule has 19 heavy (non-hydrogen) atoms. The summed E-state index contributed by atoms with van der Waals surface area (Å²) in [7, 11) is 1.72. The van der Waals surface area contributed by atoms with Gasteiger partial charge in [0.05, 0.1) is 7.11 Å². The van der Waals surface area contributed by atoms with Gasteiger partial charge >= 0.3 is 0 Å². The quantitative estimate of drug-likeness (QED) is 0.903. The Morgan fingerprint density at radius 1 is 1.42 bits per heavy atom. The standard InChI is InChI=1S/C16H26N2O/c1-5-14-11-18(16(2,3)12-17-14)10-13-7-6-8-15(9-13)19-4/h6-9,14,17H,5,10-12H2,1-4H3. The van der Waals surface area contributed by atoms with Gasteiger partial charge in [0.1, 0.15) is 5.75 Å².